The predicted molar refractivity (Wildman–Crippen MR) is 69.5 cm³/mol. The molecule has 0 aromatic rings. The summed E-state index contributed by atoms with van der Waals surface area (Å²) in [6, 6.07) is 0. The first-order valence-electron chi connectivity index (χ1n) is 7.58. The Morgan fingerprint density at radius 2 is 0.703 bits per heavy atom. The van der Waals surface area contributed by atoms with E-state index in [2.05, 4.69) is 0 Å². The molecule has 0 fully saturated rings. The molecule has 1 atom stereocenters. The lowest BCUT2D eigenvalue weighted by molar-refractivity contribution is -0.458. The molecule has 26 heteroatoms. The standard InChI is InChI=1S/C11H4F21NO3S/c1-33(11(32,34)9(27,28)29)37(35,36)10(30,31)7(22,23)5(18,19)3(14,15)2(12,13)4(16,17)6(20,21)8(24,25)26/h34H,1H3. The van der Waals surface area contributed by atoms with Gasteiger partial charge in [-0.15, -0.1) is 4.31 Å². The van der Waals surface area contributed by atoms with Gasteiger partial charge in [-0.25, -0.2) is 8.42 Å². The third-order valence-corrected chi connectivity index (χ3v) is 6.02. The fourth-order valence-electron chi connectivity index (χ4n) is 1.82. The minimum Gasteiger partial charge on any atom is -0.342 e. The van der Waals surface area contributed by atoms with Crippen molar-refractivity contribution >= 4 is 10.0 Å². The van der Waals surface area contributed by atoms with Gasteiger partial charge in [0, 0.05) is 7.05 Å². The molecule has 0 saturated carbocycles. The maximum atomic E-state index is 13.7. The Hall–Kier alpha value is -1.60. The molecule has 224 valence electrons. The number of nitrogens with zero attached hydrogens (tertiary/aromatic N) is 1. The van der Waals surface area contributed by atoms with E-state index < -0.39 is 80.5 Å². The second kappa shape index (κ2) is 8.45. The average Bonchev–Trinajstić information content (AvgIpc) is 2.64. The number of alkyl halides is 21. The second-order valence-corrected chi connectivity index (χ2v) is 8.53. The van der Waals surface area contributed by atoms with Crippen LogP contribution in [0, 0.1) is 0 Å². The summed E-state index contributed by atoms with van der Waals surface area (Å²) in [5, 5.41) is -0.187. The zero-order valence-electron chi connectivity index (χ0n) is 16.1. The highest BCUT2D eigenvalue weighted by Gasteiger charge is 2.96. The van der Waals surface area contributed by atoms with E-state index in [0.29, 0.717) is 0 Å². The number of halogens is 21. The highest BCUT2D eigenvalue weighted by Crippen LogP contribution is 2.64. The van der Waals surface area contributed by atoms with Crippen LogP contribution in [-0.4, -0.2) is 84.0 Å². The fourth-order valence-corrected chi connectivity index (χ4v) is 3.04. The quantitative estimate of drug-likeness (QED) is 0.212. The number of sulfonamides is 1. The molecule has 0 aliphatic carbocycles. The molecule has 1 N–H and O–H groups in total. The highest BCUT2D eigenvalue weighted by molar-refractivity contribution is 7.90. The van der Waals surface area contributed by atoms with Crippen molar-refractivity contribution in [1.29, 1.82) is 0 Å². The number of hydrogen-bond donors (Lipinski definition) is 1. The molecule has 0 heterocycles. The molecular formula is C11H4F21NO3S. The van der Waals surface area contributed by atoms with E-state index in [1.165, 1.54) is 0 Å². The molecule has 0 amide bonds. The number of rotatable bonds is 9. The molecule has 0 aromatic heterocycles. The molecule has 37 heavy (non-hydrogen) atoms. The Balaban J connectivity index is 7.17. The van der Waals surface area contributed by atoms with Crippen molar-refractivity contribution in [3.8, 4) is 0 Å². The lowest BCUT2D eigenvalue weighted by Gasteiger charge is -2.43. The molecule has 0 aromatic carbocycles. The molecule has 1 unspecified atom stereocenters. The Morgan fingerprint density at radius 1 is 0.459 bits per heavy atom. The van der Waals surface area contributed by atoms with E-state index in [-0.39, 0.29) is 0 Å². The molecule has 0 aliphatic rings. The summed E-state index contributed by atoms with van der Waals surface area (Å²) in [5.74, 6) is -60.7. The van der Waals surface area contributed by atoms with E-state index >= 15 is 0 Å². The fraction of sp³-hybridized carbons (Fsp3) is 1.00. The van der Waals surface area contributed by atoms with Crippen LogP contribution in [-0.2, 0) is 10.0 Å². The van der Waals surface area contributed by atoms with Crippen LogP contribution in [0.15, 0.2) is 0 Å². The van der Waals surface area contributed by atoms with E-state index in [9.17, 15) is 101 Å². The van der Waals surface area contributed by atoms with E-state index in [0.717, 1.165) is 0 Å². The summed E-state index contributed by atoms with van der Waals surface area (Å²) >= 11 is 0. The van der Waals surface area contributed by atoms with Crippen LogP contribution >= 0.6 is 0 Å². The lowest BCUT2D eigenvalue weighted by Crippen LogP contribution is -2.75. The molecule has 0 rings (SSSR count). The zero-order valence-corrected chi connectivity index (χ0v) is 16.9. The molecule has 4 nitrogen and oxygen atoms in total. The minimum atomic E-state index is -9.23. The Bertz CT molecular complexity index is 961. The topological polar surface area (TPSA) is 57.6 Å². The molecule has 0 saturated heterocycles. The van der Waals surface area contributed by atoms with Gasteiger partial charge >= 0.3 is 59.1 Å². The largest absolute Gasteiger partial charge is 0.465 e. The van der Waals surface area contributed by atoms with Crippen molar-refractivity contribution in [2.75, 3.05) is 7.05 Å². The van der Waals surface area contributed by atoms with Crippen molar-refractivity contribution in [2.45, 2.75) is 59.1 Å². The molecule has 0 spiro atoms. The maximum Gasteiger partial charge on any atom is 0.465 e. The Kier molecular flexibility index (Phi) is 8.08. The highest BCUT2D eigenvalue weighted by atomic mass is 32.2. The van der Waals surface area contributed by atoms with Gasteiger partial charge in [0.1, 0.15) is 0 Å². The van der Waals surface area contributed by atoms with Gasteiger partial charge in [0.2, 0.25) is 0 Å². The number of aliphatic hydroxyl groups is 1. The van der Waals surface area contributed by atoms with Gasteiger partial charge in [-0.2, -0.15) is 92.2 Å². The van der Waals surface area contributed by atoms with Crippen molar-refractivity contribution in [3.63, 3.8) is 0 Å². The summed E-state index contributed by atoms with van der Waals surface area (Å²) in [4.78, 5) is 0. The third kappa shape index (κ3) is 4.32. The molecule has 0 bridgehead atoms. The minimum absolute atomic E-state index is 1.31. The smallest absolute Gasteiger partial charge is 0.342 e. The third-order valence-electron chi connectivity index (χ3n) is 4.16. The summed E-state index contributed by atoms with van der Waals surface area (Å²) in [6.07, 6.45) is -15.2. The monoisotopic (exact) mass is 629 g/mol. The second-order valence-electron chi connectivity index (χ2n) is 6.52. The van der Waals surface area contributed by atoms with Crippen LogP contribution in [0.2, 0.25) is 0 Å². The van der Waals surface area contributed by atoms with E-state index in [4.69, 9.17) is 5.11 Å². The maximum absolute atomic E-state index is 13.7. The van der Waals surface area contributed by atoms with Crippen LogP contribution in [0.4, 0.5) is 92.2 Å². The van der Waals surface area contributed by atoms with E-state index in [1.54, 1.807) is 0 Å². The predicted octanol–water partition coefficient (Wildman–Crippen LogP) is 5.39. The Morgan fingerprint density at radius 3 is 0.946 bits per heavy atom. The summed E-state index contributed by atoms with van der Waals surface area (Å²) in [7, 11) is -9.99. The van der Waals surface area contributed by atoms with Crippen molar-refractivity contribution in [1.82, 2.24) is 4.31 Å². The van der Waals surface area contributed by atoms with Crippen molar-refractivity contribution in [3.05, 3.63) is 0 Å². The van der Waals surface area contributed by atoms with Crippen LogP contribution in [0.3, 0.4) is 0 Å². The Labute approximate surface area is 187 Å². The van der Waals surface area contributed by atoms with Crippen molar-refractivity contribution in [2.24, 2.45) is 0 Å². The first-order valence-corrected chi connectivity index (χ1v) is 9.02. The average molecular weight is 629 g/mol. The van der Waals surface area contributed by atoms with Crippen molar-refractivity contribution < 1.29 is 106 Å². The molecule has 0 aliphatic heterocycles. The molecular weight excluding hydrogens is 625 g/mol. The van der Waals surface area contributed by atoms with Crippen LogP contribution in [0.1, 0.15) is 0 Å². The van der Waals surface area contributed by atoms with Gasteiger partial charge < -0.3 is 5.11 Å². The first kappa shape index (κ1) is 35.4. The number of hydrogen-bond acceptors (Lipinski definition) is 3. The van der Waals surface area contributed by atoms with Gasteiger partial charge in [0.25, 0.3) is 10.0 Å². The lowest BCUT2D eigenvalue weighted by atomic mass is 9.91. The van der Waals surface area contributed by atoms with Gasteiger partial charge in [-0.3, -0.25) is 0 Å². The normalized spacial score (nSPS) is 18.3. The van der Waals surface area contributed by atoms with Gasteiger partial charge in [0.15, 0.2) is 0 Å². The molecule has 0 radical (unpaired) electrons. The van der Waals surface area contributed by atoms with Gasteiger partial charge in [-0.1, -0.05) is 0 Å². The summed E-state index contributed by atoms with van der Waals surface area (Å²) in [6.45, 7) is 0. The van der Waals surface area contributed by atoms with Crippen LogP contribution < -0.4 is 0 Å². The first-order chi connectivity index (χ1) is 15.4. The van der Waals surface area contributed by atoms with Gasteiger partial charge in [-0.05, 0) is 0 Å². The van der Waals surface area contributed by atoms with E-state index in [1.807, 2.05) is 0 Å². The van der Waals surface area contributed by atoms with Crippen LogP contribution in [0.25, 0.3) is 0 Å². The summed E-state index contributed by atoms with van der Waals surface area (Å²) in [5.41, 5.74) is 0. The summed E-state index contributed by atoms with van der Waals surface area (Å²) < 4.78 is 291. The zero-order chi connectivity index (χ0) is 31.1. The SMILES string of the molecule is CN(C(O)(F)C(F)(F)F)S(=O)(=O)C(F)(F)C(F)(F)C(F)(F)C(F)(F)C(F)(F)C(F)(F)C(F)(F)C(F)(F)F. The van der Waals surface area contributed by atoms with Crippen LogP contribution in [0.5, 0.6) is 0 Å². The van der Waals surface area contributed by atoms with Gasteiger partial charge in [0.05, 0.1) is 0 Å².